The minimum atomic E-state index is 0.622. The van der Waals surface area contributed by atoms with Crippen LogP contribution in [0.2, 0.25) is 0 Å². The summed E-state index contributed by atoms with van der Waals surface area (Å²) < 4.78 is 0. The third-order valence-corrected chi connectivity index (χ3v) is 1.33. The molecule has 0 atom stereocenters. The van der Waals surface area contributed by atoms with E-state index >= 15 is 0 Å². The van der Waals surface area contributed by atoms with E-state index in [-0.39, 0.29) is 0 Å². The van der Waals surface area contributed by atoms with Crippen molar-refractivity contribution >= 4 is 0 Å². The van der Waals surface area contributed by atoms with Crippen molar-refractivity contribution in [3.63, 3.8) is 0 Å². The van der Waals surface area contributed by atoms with Gasteiger partial charge in [-0.2, -0.15) is 5.48 Å². The maximum atomic E-state index is 4.97. The number of aryl methyl sites for hydroxylation is 1. The smallest absolute Gasteiger partial charge is 0.125 e. The van der Waals surface area contributed by atoms with Crippen molar-refractivity contribution in [2.75, 3.05) is 6.61 Å². The fraction of sp³-hybridized carbons (Fsp3) is 0.500. The van der Waals surface area contributed by atoms with Crippen LogP contribution in [0.5, 0.6) is 0 Å². The van der Waals surface area contributed by atoms with Gasteiger partial charge in [0, 0.05) is 6.20 Å². The SMILES string of the molecule is CCONCc1ccnc(C)n1. The maximum absolute atomic E-state index is 4.97. The van der Waals surface area contributed by atoms with E-state index < -0.39 is 0 Å². The van der Waals surface area contributed by atoms with Gasteiger partial charge in [0.25, 0.3) is 0 Å². The Balaban J connectivity index is 2.41. The lowest BCUT2D eigenvalue weighted by Crippen LogP contribution is -2.14. The first-order valence-corrected chi connectivity index (χ1v) is 3.96. The van der Waals surface area contributed by atoms with Crippen LogP contribution < -0.4 is 5.48 Å². The molecule has 0 amide bonds. The first kappa shape index (κ1) is 9.09. The van der Waals surface area contributed by atoms with Crippen molar-refractivity contribution in [2.45, 2.75) is 20.4 Å². The summed E-state index contributed by atoms with van der Waals surface area (Å²) in [6.45, 7) is 5.07. The molecule has 1 N–H and O–H groups in total. The molecule has 0 radical (unpaired) electrons. The maximum Gasteiger partial charge on any atom is 0.125 e. The minimum Gasteiger partial charge on any atom is -0.302 e. The van der Waals surface area contributed by atoms with E-state index in [0.717, 1.165) is 11.5 Å². The van der Waals surface area contributed by atoms with E-state index in [1.165, 1.54) is 0 Å². The number of nitrogens with one attached hydrogen (secondary N) is 1. The number of aromatic nitrogens is 2. The molecule has 0 saturated heterocycles. The van der Waals surface area contributed by atoms with Gasteiger partial charge in [-0.1, -0.05) is 0 Å². The molecule has 0 spiro atoms. The second-order valence-electron chi connectivity index (χ2n) is 2.35. The molecule has 12 heavy (non-hydrogen) atoms. The van der Waals surface area contributed by atoms with Gasteiger partial charge in [0.15, 0.2) is 0 Å². The summed E-state index contributed by atoms with van der Waals surface area (Å²) in [6.07, 6.45) is 1.74. The number of hydroxylamine groups is 1. The molecule has 0 unspecified atom stereocenters. The van der Waals surface area contributed by atoms with Crippen LogP contribution in [-0.2, 0) is 11.4 Å². The first-order valence-electron chi connectivity index (χ1n) is 3.96. The van der Waals surface area contributed by atoms with Gasteiger partial charge >= 0.3 is 0 Å². The summed E-state index contributed by atoms with van der Waals surface area (Å²) in [5, 5.41) is 0. The molecule has 1 rings (SSSR count). The summed E-state index contributed by atoms with van der Waals surface area (Å²) in [7, 11) is 0. The minimum absolute atomic E-state index is 0.622. The Bertz CT molecular complexity index is 239. The highest BCUT2D eigenvalue weighted by molar-refractivity contribution is 5.00. The van der Waals surface area contributed by atoms with Crippen LogP contribution in [0.3, 0.4) is 0 Å². The molecule has 66 valence electrons. The number of rotatable bonds is 4. The van der Waals surface area contributed by atoms with Crippen molar-refractivity contribution in [2.24, 2.45) is 0 Å². The van der Waals surface area contributed by atoms with Crippen LogP contribution >= 0.6 is 0 Å². The Morgan fingerprint density at radius 3 is 3.08 bits per heavy atom. The molecular weight excluding hydrogens is 154 g/mol. The van der Waals surface area contributed by atoms with Gasteiger partial charge in [-0.05, 0) is 19.9 Å². The monoisotopic (exact) mass is 167 g/mol. The predicted octanol–water partition coefficient (Wildman–Crippen LogP) is 0.826. The second-order valence-corrected chi connectivity index (χ2v) is 2.35. The standard InChI is InChI=1S/C8H13N3O/c1-3-12-10-6-8-4-5-9-7(2)11-8/h4-5,10H,3,6H2,1-2H3. The molecule has 1 heterocycles. The fourth-order valence-electron chi connectivity index (χ4n) is 0.831. The zero-order valence-corrected chi connectivity index (χ0v) is 7.37. The molecular formula is C8H13N3O. The van der Waals surface area contributed by atoms with Gasteiger partial charge in [-0.15, -0.1) is 0 Å². The zero-order valence-electron chi connectivity index (χ0n) is 7.37. The summed E-state index contributed by atoms with van der Waals surface area (Å²) in [5.41, 5.74) is 3.73. The summed E-state index contributed by atoms with van der Waals surface area (Å²) in [4.78, 5) is 13.1. The number of hydrogen-bond donors (Lipinski definition) is 1. The van der Waals surface area contributed by atoms with Crippen LogP contribution in [0.1, 0.15) is 18.4 Å². The quantitative estimate of drug-likeness (QED) is 0.533. The zero-order chi connectivity index (χ0) is 8.81. The second kappa shape index (κ2) is 4.79. The normalized spacial score (nSPS) is 10.2. The van der Waals surface area contributed by atoms with Crippen molar-refractivity contribution in [3.05, 3.63) is 23.8 Å². The van der Waals surface area contributed by atoms with E-state index in [0.29, 0.717) is 13.2 Å². The highest BCUT2D eigenvalue weighted by Gasteiger charge is 1.93. The van der Waals surface area contributed by atoms with Gasteiger partial charge in [0.05, 0.1) is 18.8 Å². The Labute approximate surface area is 71.9 Å². The first-order chi connectivity index (χ1) is 5.83. The van der Waals surface area contributed by atoms with E-state index in [1.54, 1.807) is 6.20 Å². The van der Waals surface area contributed by atoms with Crippen molar-refractivity contribution in [1.82, 2.24) is 15.4 Å². The van der Waals surface area contributed by atoms with Gasteiger partial charge in [0.1, 0.15) is 5.82 Å². The van der Waals surface area contributed by atoms with Gasteiger partial charge in [-0.3, -0.25) is 0 Å². The average molecular weight is 167 g/mol. The lowest BCUT2D eigenvalue weighted by molar-refractivity contribution is 0.0456. The molecule has 0 aliphatic rings. The molecule has 0 aromatic carbocycles. The lowest BCUT2D eigenvalue weighted by atomic mass is 10.4. The molecule has 1 aromatic heterocycles. The number of hydrogen-bond acceptors (Lipinski definition) is 4. The Morgan fingerprint density at radius 1 is 1.58 bits per heavy atom. The predicted molar refractivity (Wildman–Crippen MR) is 45.2 cm³/mol. The Hall–Kier alpha value is -1.00. The molecule has 0 bridgehead atoms. The highest BCUT2D eigenvalue weighted by Crippen LogP contribution is 1.93. The summed E-state index contributed by atoms with van der Waals surface area (Å²) in [6, 6.07) is 1.86. The highest BCUT2D eigenvalue weighted by atomic mass is 16.6. The molecule has 1 aromatic rings. The molecule has 0 saturated carbocycles. The molecule has 0 aliphatic heterocycles. The van der Waals surface area contributed by atoms with Crippen LogP contribution in [0.15, 0.2) is 12.3 Å². The molecule has 0 fully saturated rings. The van der Waals surface area contributed by atoms with Gasteiger partial charge < -0.3 is 4.84 Å². The Kier molecular flexibility index (Phi) is 3.63. The van der Waals surface area contributed by atoms with Crippen molar-refractivity contribution in [3.8, 4) is 0 Å². The van der Waals surface area contributed by atoms with E-state index in [4.69, 9.17) is 4.84 Å². The van der Waals surface area contributed by atoms with Gasteiger partial charge in [-0.25, -0.2) is 9.97 Å². The van der Waals surface area contributed by atoms with E-state index in [2.05, 4.69) is 15.4 Å². The largest absolute Gasteiger partial charge is 0.302 e. The van der Waals surface area contributed by atoms with Crippen molar-refractivity contribution < 1.29 is 4.84 Å². The van der Waals surface area contributed by atoms with Crippen LogP contribution in [0.25, 0.3) is 0 Å². The van der Waals surface area contributed by atoms with Crippen LogP contribution in [0.4, 0.5) is 0 Å². The van der Waals surface area contributed by atoms with Gasteiger partial charge in [0.2, 0.25) is 0 Å². The third kappa shape index (κ3) is 2.94. The van der Waals surface area contributed by atoms with Crippen LogP contribution in [-0.4, -0.2) is 16.6 Å². The Morgan fingerprint density at radius 2 is 2.42 bits per heavy atom. The molecule has 0 aliphatic carbocycles. The fourth-order valence-corrected chi connectivity index (χ4v) is 0.831. The summed E-state index contributed by atoms with van der Waals surface area (Å²) in [5.74, 6) is 0.783. The third-order valence-electron chi connectivity index (χ3n) is 1.33. The summed E-state index contributed by atoms with van der Waals surface area (Å²) >= 11 is 0. The van der Waals surface area contributed by atoms with E-state index in [9.17, 15) is 0 Å². The van der Waals surface area contributed by atoms with Crippen molar-refractivity contribution in [1.29, 1.82) is 0 Å². The molecule has 4 heteroatoms. The lowest BCUT2D eigenvalue weighted by Gasteiger charge is -2.02. The molecule has 4 nitrogen and oxygen atoms in total. The number of nitrogens with zero attached hydrogens (tertiary/aromatic N) is 2. The average Bonchev–Trinajstić information content (AvgIpc) is 2.05. The topological polar surface area (TPSA) is 47.0 Å². The van der Waals surface area contributed by atoms with E-state index in [1.807, 2.05) is 19.9 Å². The van der Waals surface area contributed by atoms with Crippen LogP contribution in [0, 0.1) is 6.92 Å².